The van der Waals surface area contributed by atoms with Crippen molar-refractivity contribution in [3.8, 4) is 0 Å². The molecule has 0 bridgehead atoms. The van der Waals surface area contributed by atoms with Gasteiger partial charge in [0, 0.05) is 25.7 Å². The zero-order valence-electron chi connectivity index (χ0n) is 14.1. The van der Waals surface area contributed by atoms with Crippen molar-refractivity contribution in [1.82, 2.24) is 4.90 Å². The van der Waals surface area contributed by atoms with Gasteiger partial charge in [-0.3, -0.25) is 4.90 Å². The lowest BCUT2D eigenvalue weighted by molar-refractivity contribution is -0.0916. The molecule has 0 aromatic heterocycles. The number of nitrogens with two attached hydrogens (primary N) is 1. The second-order valence-electron chi connectivity index (χ2n) is 8.64. The maximum Gasteiger partial charge on any atom is 0.0753 e. The van der Waals surface area contributed by atoms with Gasteiger partial charge in [0.05, 0.1) is 12.2 Å². The van der Waals surface area contributed by atoms with Gasteiger partial charge in [0.25, 0.3) is 0 Å². The van der Waals surface area contributed by atoms with Gasteiger partial charge in [-0.15, -0.1) is 0 Å². The number of rotatable bonds is 2. The molecule has 2 rings (SSSR count). The fourth-order valence-corrected chi connectivity index (χ4v) is 3.89. The minimum atomic E-state index is 0.000437. The molecule has 2 N–H and O–H groups in total. The normalized spacial score (nSPS) is 36.0. The lowest BCUT2D eigenvalue weighted by Gasteiger charge is -2.44. The zero-order valence-corrected chi connectivity index (χ0v) is 14.1. The van der Waals surface area contributed by atoms with Gasteiger partial charge in [0.15, 0.2) is 0 Å². The summed E-state index contributed by atoms with van der Waals surface area (Å²) >= 11 is 0. The second kappa shape index (κ2) is 5.94. The van der Waals surface area contributed by atoms with Gasteiger partial charge >= 0.3 is 0 Å². The molecule has 1 aliphatic heterocycles. The highest BCUT2D eigenvalue weighted by atomic mass is 16.5. The molecule has 118 valence electrons. The van der Waals surface area contributed by atoms with Crippen LogP contribution < -0.4 is 5.73 Å². The molecule has 1 aliphatic carbocycles. The largest absolute Gasteiger partial charge is 0.373 e. The Kier molecular flexibility index (Phi) is 4.83. The molecule has 3 nitrogen and oxygen atoms in total. The molecule has 3 atom stereocenters. The van der Waals surface area contributed by atoms with E-state index in [2.05, 4.69) is 39.5 Å². The molecule has 1 saturated heterocycles. The minimum Gasteiger partial charge on any atom is -0.373 e. The lowest BCUT2D eigenvalue weighted by atomic mass is 9.67. The molecular formula is C17H34N2O. The van der Waals surface area contributed by atoms with Gasteiger partial charge in [-0.25, -0.2) is 0 Å². The van der Waals surface area contributed by atoms with Gasteiger partial charge in [-0.1, -0.05) is 20.8 Å². The van der Waals surface area contributed by atoms with Crippen LogP contribution in [-0.2, 0) is 4.74 Å². The monoisotopic (exact) mass is 282 g/mol. The fourth-order valence-electron chi connectivity index (χ4n) is 3.89. The van der Waals surface area contributed by atoms with Gasteiger partial charge in [-0.2, -0.15) is 0 Å². The van der Waals surface area contributed by atoms with Crippen molar-refractivity contribution in [3.05, 3.63) is 0 Å². The average molecular weight is 282 g/mol. The van der Waals surface area contributed by atoms with Crippen LogP contribution in [0, 0.1) is 17.3 Å². The van der Waals surface area contributed by atoms with Crippen LogP contribution in [0.4, 0.5) is 0 Å². The van der Waals surface area contributed by atoms with E-state index in [1.807, 2.05) is 0 Å². The fraction of sp³-hybridized carbons (Fsp3) is 1.00. The molecule has 1 saturated carbocycles. The van der Waals surface area contributed by atoms with Crippen molar-refractivity contribution in [3.63, 3.8) is 0 Å². The molecule has 3 unspecified atom stereocenters. The molecule has 0 amide bonds. The van der Waals surface area contributed by atoms with Gasteiger partial charge in [0.1, 0.15) is 0 Å². The quantitative estimate of drug-likeness (QED) is 0.846. The lowest BCUT2D eigenvalue weighted by Crippen LogP contribution is -2.52. The van der Waals surface area contributed by atoms with Crippen molar-refractivity contribution in [2.75, 3.05) is 26.2 Å². The molecule has 20 heavy (non-hydrogen) atoms. The summed E-state index contributed by atoms with van der Waals surface area (Å²) in [6.07, 6.45) is 3.79. The molecule has 2 aliphatic rings. The van der Waals surface area contributed by atoms with Crippen molar-refractivity contribution in [1.29, 1.82) is 0 Å². The van der Waals surface area contributed by atoms with E-state index in [0.29, 0.717) is 17.4 Å². The van der Waals surface area contributed by atoms with Crippen LogP contribution in [0.2, 0.25) is 0 Å². The Balaban J connectivity index is 1.93. The van der Waals surface area contributed by atoms with Crippen molar-refractivity contribution >= 4 is 0 Å². The summed E-state index contributed by atoms with van der Waals surface area (Å²) in [5, 5.41) is 0. The first-order valence-corrected chi connectivity index (χ1v) is 8.29. The van der Waals surface area contributed by atoms with E-state index in [9.17, 15) is 0 Å². The zero-order chi connectivity index (χ0) is 15.0. The molecule has 0 radical (unpaired) electrons. The van der Waals surface area contributed by atoms with Crippen LogP contribution >= 0.6 is 0 Å². The molecule has 0 spiro atoms. The highest BCUT2D eigenvalue weighted by molar-refractivity contribution is 4.90. The highest BCUT2D eigenvalue weighted by Gasteiger charge is 2.36. The SMILES string of the molecule is CC1(C)CN(CC2CC(C(C)(C)C)CCC2N)CCO1. The van der Waals surface area contributed by atoms with Crippen LogP contribution in [0.1, 0.15) is 53.9 Å². The molecular weight excluding hydrogens is 248 g/mol. The van der Waals surface area contributed by atoms with Crippen molar-refractivity contribution in [2.45, 2.75) is 65.5 Å². The first-order chi connectivity index (χ1) is 9.17. The number of morpholine rings is 1. The predicted molar refractivity (Wildman–Crippen MR) is 84.7 cm³/mol. The Labute approximate surface area is 125 Å². The summed E-state index contributed by atoms with van der Waals surface area (Å²) in [6, 6.07) is 0.388. The average Bonchev–Trinajstić information content (AvgIpc) is 2.29. The Morgan fingerprint density at radius 2 is 1.95 bits per heavy atom. The summed E-state index contributed by atoms with van der Waals surface area (Å²) < 4.78 is 5.81. The summed E-state index contributed by atoms with van der Waals surface area (Å²) in [7, 11) is 0. The molecule has 0 aromatic rings. The van der Waals surface area contributed by atoms with Gasteiger partial charge in [0.2, 0.25) is 0 Å². The molecule has 2 fully saturated rings. The van der Waals surface area contributed by atoms with Crippen molar-refractivity contribution in [2.24, 2.45) is 23.0 Å². The van der Waals surface area contributed by atoms with Crippen LogP contribution in [0.5, 0.6) is 0 Å². The maximum atomic E-state index is 6.41. The van der Waals surface area contributed by atoms with E-state index in [1.54, 1.807) is 0 Å². The Morgan fingerprint density at radius 3 is 2.55 bits per heavy atom. The number of hydrogen-bond acceptors (Lipinski definition) is 3. The number of ether oxygens (including phenoxy) is 1. The van der Waals surface area contributed by atoms with Gasteiger partial charge in [-0.05, 0) is 50.4 Å². The van der Waals surface area contributed by atoms with E-state index in [4.69, 9.17) is 10.5 Å². The van der Waals surface area contributed by atoms with Gasteiger partial charge < -0.3 is 10.5 Å². The third kappa shape index (κ3) is 4.19. The maximum absolute atomic E-state index is 6.41. The number of nitrogens with zero attached hydrogens (tertiary/aromatic N) is 1. The topological polar surface area (TPSA) is 38.5 Å². The van der Waals surface area contributed by atoms with E-state index >= 15 is 0 Å². The first kappa shape index (κ1) is 16.3. The second-order valence-corrected chi connectivity index (χ2v) is 8.64. The molecule has 3 heteroatoms. The predicted octanol–water partition coefficient (Wildman–Crippen LogP) is 2.89. The molecule has 1 heterocycles. The smallest absolute Gasteiger partial charge is 0.0753 e. The Morgan fingerprint density at radius 1 is 1.25 bits per heavy atom. The van der Waals surface area contributed by atoms with Crippen LogP contribution in [0.15, 0.2) is 0 Å². The van der Waals surface area contributed by atoms with E-state index < -0.39 is 0 Å². The van der Waals surface area contributed by atoms with Crippen LogP contribution in [-0.4, -0.2) is 42.8 Å². The van der Waals surface area contributed by atoms with Crippen LogP contribution in [0.25, 0.3) is 0 Å². The van der Waals surface area contributed by atoms with E-state index in [0.717, 1.165) is 32.2 Å². The number of hydrogen-bond donors (Lipinski definition) is 1. The standard InChI is InChI=1S/C17H34N2O/c1-16(2,3)14-6-7-15(18)13(10-14)11-19-8-9-20-17(4,5)12-19/h13-15H,6-12,18H2,1-5H3. The first-order valence-electron chi connectivity index (χ1n) is 8.29. The van der Waals surface area contributed by atoms with E-state index in [-0.39, 0.29) is 5.60 Å². The van der Waals surface area contributed by atoms with Crippen molar-refractivity contribution < 1.29 is 4.74 Å². The Bertz CT molecular complexity index is 321. The van der Waals surface area contributed by atoms with Crippen LogP contribution in [0.3, 0.4) is 0 Å². The highest BCUT2D eigenvalue weighted by Crippen LogP contribution is 2.40. The van der Waals surface area contributed by atoms with E-state index in [1.165, 1.54) is 19.3 Å². The minimum absolute atomic E-state index is 0.000437. The molecule has 0 aromatic carbocycles. The third-order valence-corrected chi connectivity index (χ3v) is 5.26. The summed E-state index contributed by atoms with van der Waals surface area (Å²) in [5.41, 5.74) is 6.83. The third-order valence-electron chi connectivity index (χ3n) is 5.26. The summed E-state index contributed by atoms with van der Waals surface area (Å²) in [5.74, 6) is 1.48. The summed E-state index contributed by atoms with van der Waals surface area (Å²) in [4.78, 5) is 2.57. The summed E-state index contributed by atoms with van der Waals surface area (Å²) in [6.45, 7) is 15.6. The Hall–Kier alpha value is -0.120.